The summed E-state index contributed by atoms with van der Waals surface area (Å²) in [6.07, 6.45) is 1.59. The van der Waals surface area contributed by atoms with Crippen LogP contribution in [0.15, 0.2) is 54.6 Å². The van der Waals surface area contributed by atoms with Crippen molar-refractivity contribution in [2.45, 2.75) is 38.3 Å². The van der Waals surface area contributed by atoms with Crippen LogP contribution >= 0.6 is 0 Å². The number of nitrogens with one attached hydrogen (secondary N) is 1. The molecule has 5 nitrogen and oxygen atoms in total. The maximum atomic E-state index is 12.9. The van der Waals surface area contributed by atoms with E-state index in [4.69, 9.17) is 4.74 Å². The van der Waals surface area contributed by atoms with Gasteiger partial charge in [-0.1, -0.05) is 48.5 Å². The summed E-state index contributed by atoms with van der Waals surface area (Å²) in [7, 11) is 1.64. The fraction of sp³-hybridized carbons (Fsp3) is 0.364. The zero-order valence-electron chi connectivity index (χ0n) is 15.9. The second kappa shape index (κ2) is 8.25. The second-order valence-corrected chi connectivity index (χ2v) is 7.05. The predicted octanol–water partition coefficient (Wildman–Crippen LogP) is 2.94. The van der Waals surface area contributed by atoms with Gasteiger partial charge < -0.3 is 15.0 Å². The fourth-order valence-corrected chi connectivity index (χ4v) is 3.61. The van der Waals surface area contributed by atoms with Crippen molar-refractivity contribution < 1.29 is 14.3 Å². The zero-order chi connectivity index (χ0) is 19.3. The molecule has 0 aromatic heterocycles. The van der Waals surface area contributed by atoms with Crippen LogP contribution < -0.4 is 10.1 Å². The Morgan fingerprint density at radius 3 is 2.59 bits per heavy atom. The maximum Gasteiger partial charge on any atom is 0.245 e. The highest BCUT2D eigenvalue weighted by atomic mass is 16.5. The molecule has 1 aliphatic heterocycles. The molecule has 142 valence electrons. The highest BCUT2D eigenvalue weighted by molar-refractivity contribution is 5.94. The largest absolute Gasteiger partial charge is 0.496 e. The average molecular weight is 366 g/mol. The number of methoxy groups -OCH3 is 1. The van der Waals surface area contributed by atoms with E-state index in [0.717, 1.165) is 16.9 Å². The molecule has 3 rings (SSSR count). The topological polar surface area (TPSA) is 58.6 Å². The summed E-state index contributed by atoms with van der Waals surface area (Å²) in [6, 6.07) is 17.6. The first kappa shape index (κ1) is 19.0. The van der Waals surface area contributed by atoms with Gasteiger partial charge in [0, 0.05) is 19.5 Å². The van der Waals surface area contributed by atoms with Crippen molar-refractivity contribution in [1.29, 1.82) is 0 Å². The van der Waals surface area contributed by atoms with Crippen molar-refractivity contribution in [1.82, 2.24) is 10.2 Å². The SMILES string of the molecule is COc1ccccc1CCN1C(=O)CCC1(C)C(=O)NCc1ccccc1. The lowest BCUT2D eigenvalue weighted by Crippen LogP contribution is -2.54. The van der Waals surface area contributed by atoms with Crippen molar-refractivity contribution in [3.63, 3.8) is 0 Å². The van der Waals surface area contributed by atoms with E-state index in [-0.39, 0.29) is 11.8 Å². The zero-order valence-corrected chi connectivity index (χ0v) is 15.9. The minimum Gasteiger partial charge on any atom is -0.496 e. The molecule has 1 fully saturated rings. The van der Waals surface area contributed by atoms with Crippen LogP contribution in [0.5, 0.6) is 5.75 Å². The van der Waals surface area contributed by atoms with Gasteiger partial charge in [-0.25, -0.2) is 0 Å². The molecule has 2 amide bonds. The van der Waals surface area contributed by atoms with E-state index in [2.05, 4.69) is 5.32 Å². The van der Waals surface area contributed by atoms with Gasteiger partial charge in [0.25, 0.3) is 0 Å². The number of nitrogens with zero attached hydrogens (tertiary/aromatic N) is 1. The highest BCUT2D eigenvalue weighted by Crippen LogP contribution is 2.31. The quantitative estimate of drug-likeness (QED) is 0.820. The van der Waals surface area contributed by atoms with Crippen molar-refractivity contribution in [3.05, 3.63) is 65.7 Å². The van der Waals surface area contributed by atoms with Gasteiger partial charge in [-0.3, -0.25) is 9.59 Å². The molecule has 0 radical (unpaired) electrons. The number of para-hydroxylation sites is 1. The normalized spacial score (nSPS) is 19.2. The molecule has 1 heterocycles. The molecule has 0 spiro atoms. The third-order valence-electron chi connectivity index (χ3n) is 5.30. The van der Waals surface area contributed by atoms with E-state index >= 15 is 0 Å². The smallest absolute Gasteiger partial charge is 0.245 e. The molecule has 1 saturated heterocycles. The van der Waals surface area contributed by atoms with Gasteiger partial charge in [-0.15, -0.1) is 0 Å². The van der Waals surface area contributed by atoms with Crippen LogP contribution in [0.3, 0.4) is 0 Å². The fourth-order valence-electron chi connectivity index (χ4n) is 3.61. The van der Waals surface area contributed by atoms with Gasteiger partial charge in [0.2, 0.25) is 11.8 Å². The molecule has 0 saturated carbocycles. The Bertz CT molecular complexity index is 806. The van der Waals surface area contributed by atoms with Gasteiger partial charge >= 0.3 is 0 Å². The van der Waals surface area contributed by atoms with E-state index in [9.17, 15) is 9.59 Å². The summed E-state index contributed by atoms with van der Waals surface area (Å²) in [5.74, 6) is 0.735. The van der Waals surface area contributed by atoms with Crippen molar-refractivity contribution in [3.8, 4) is 5.75 Å². The number of hydrogen-bond donors (Lipinski definition) is 1. The highest BCUT2D eigenvalue weighted by Gasteiger charge is 2.46. The van der Waals surface area contributed by atoms with Gasteiger partial charge in [-0.2, -0.15) is 0 Å². The Hall–Kier alpha value is -2.82. The lowest BCUT2D eigenvalue weighted by atomic mass is 9.97. The lowest BCUT2D eigenvalue weighted by molar-refractivity contribution is -0.140. The van der Waals surface area contributed by atoms with E-state index < -0.39 is 5.54 Å². The molecule has 0 aliphatic carbocycles. The number of carbonyl (C=O) groups is 2. The van der Waals surface area contributed by atoms with E-state index in [1.165, 1.54) is 0 Å². The molecule has 0 bridgehead atoms. The summed E-state index contributed by atoms with van der Waals surface area (Å²) in [4.78, 5) is 27.1. The Balaban J connectivity index is 1.67. The number of amides is 2. The molecule has 27 heavy (non-hydrogen) atoms. The first-order valence-corrected chi connectivity index (χ1v) is 9.29. The van der Waals surface area contributed by atoms with Gasteiger partial charge in [-0.05, 0) is 37.0 Å². The third kappa shape index (κ3) is 4.13. The van der Waals surface area contributed by atoms with E-state index in [1.807, 2.05) is 61.5 Å². The van der Waals surface area contributed by atoms with Crippen molar-refractivity contribution >= 4 is 11.8 Å². The molecular formula is C22H26N2O3. The van der Waals surface area contributed by atoms with Crippen LogP contribution in [0, 0.1) is 0 Å². The molecule has 1 atom stereocenters. The first-order chi connectivity index (χ1) is 13.0. The van der Waals surface area contributed by atoms with Crippen molar-refractivity contribution in [2.75, 3.05) is 13.7 Å². The monoisotopic (exact) mass is 366 g/mol. The minimum absolute atomic E-state index is 0.0299. The summed E-state index contributed by atoms with van der Waals surface area (Å²) in [5.41, 5.74) is 1.26. The van der Waals surface area contributed by atoms with Crippen LogP contribution in [0.1, 0.15) is 30.9 Å². The summed E-state index contributed by atoms with van der Waals surface area (Å²) in [5, 5.41) is 3.00. The molecule has 1 N–H and O–H groups in total. The number of hydrogen-bond acceptors (Lipinski definition) is 3. The predicted molar refractivity (Wildman–Crippen MR) is 104 cm³/mol. The molecular weight excluding hydrogens is 340 g/mol. The average Bonchev–Trinajstić information content (AvgIpc) is 3.00. The van der Waals surface area contributed by atoms with Crippen molar-refractivity contribution in [2.24, 2.45) is 0 Å². The molecule has 2 aromatic carbocycles. The second-order valence-electron chi connectivity index (χ2n) is 7.05. The summed E-state index contributed by atoms with van der Waals surface area (Å²) in [6.45, 7) is 2.82. The summed E-state index contributed by atoms with van der Waals surface area (Å²) >= 11 is 0. The van der Waals surface area contributed by atoms with Crippen LogP contribution in [-0.2, 0) is 22.6 Å². The first-order valence-electron chi connectivity index (χ1n) is 9.29. The molecule has 1 aliphatic rings. The molecule has 2 aromatic rings. The summed E-state index contributed by atoms with van der Waals surface area (Å²) < 4.78 is 5.39. The number of ether oxygens (including phenoxy) is 1. The maximum absolute atomic E-state index is 12.9. The van der Waals surface area contributed by atoms with Crippen LogP contribution in [-0.4, -0.2) is 35.9 Å². The van der Waals surface area contributed by atoms with E-state index in [1.54, 1.807) is 12.0 Å². The number of rotatable bonds is 7. The van der Waals surface area contributed by atoms with Gasteiger partial charge in [0.15, 0.2) is 0 Å². The van der Waals surface area contributed by atoms with Gasteiger partial charge in [0.05, 0.1) is 7.11 Å². The van der Waals surface area contributed by atoms with Crippen LogP contribution in [0.25, 0.3) is 0 Å². The van der Waals surface area contributed by atoms with Gasteiger partial charge in [0.1, 0.15) is 11.3 Å². The Morgan fingerprint density at radius 2 is 1.85 bits per heavy atom. The molecule has 5 heteroatoms. The Kier molecular flexibility index (Phi) is 5.79. The Labute approximate surface area is 160 Å². The molecule has 1 unspecified atom stereocenters. The minimum atomic E-state index is -0.812. The van der Waals surface area contributed by atoms with Crippen LogP contribution in [0.4, 0.5) is 0 Å². The number of carbonyl (C=O) groups excluding carboxylic acids is 2. The third-order valence-corrected chi connectivity index (χ3v) is 5.30. The number of likely N-dealkylation sites (tertiary alicyclic amines) is 1. The standard InChI is InChI=1S/C22H26N2O3/c1-22(21(26)23-16-17-8-4-3-5-9-17)14-12-20(25)24(22)15-13-18-10-6-7-11-19(18)27-2/h3-11H,12-16H2,1-2H3,(H,23,26). The lowest BCUT2D eigenvalue weighted by Gasteiger charge is -2.34. The van der Waals surface area contributed by atoms with Crippen LogP contribution in [0.2, 0.25) is 0 Å². The van der Waals surface area contributed by atoms with E-state index in [0.29, 0.717) is 32.4 Å². The Morgan fingerprint density at radius 1 is 1.15 bits per heavy atom. The number of benzene rings is 2.